The van der Waals surface area contributed by atoms with E-state index in [0.29, 0.717) is 13.1 Å². The van der Waals surface area contributed by atoms with Crippen molar-refractivity contribution in [1.82, 2.24) is 25.4 Å². The second-order valence-corrected chi connectivity index (χ2v) is 6.97. The summed E-state index contributed by atoms with van der Waals surface area (Å²) in [6, 6.07) is 18.1. The number of hydrogen-bond acceptors (Lipinski definition) is 3. The lowest BCUT2D eigenvalue weighted by Gasteiger charge is -2.13. The van der Waals surface area contributed by atoms with Gasteiger partial charge in [0.05, 0.1) is 13.1 Å². The molecule has 0 amide bonds. The van der Waals surface area contributed by atoms with Gasteiger partial charge >= 0.3 is 0 Å². The molecule has 0 unspecified atom stereocenters. The lowest BCUT2D eigenvalue weighted by molar-refractivity contribution is 0.713. The normalized spacial score (nSPS) is 11.1. The molecule has 1 aromatic heterocycles. The van der Waals surface area contributed by atoms with E-state index in [2.05, 4.69) is 39.0 Å². The summed E-state index contributed by atoms with van der Waals surface area (Å²) in [6.07, 6.45) is 0.857. The average molecular weight is 525 g/mol. The van der Waals surface area contributed by atoms with E-state index in [4.69, 9.17) is 16.6 Å². The number of benzene rings is 2. The number of nitrogens with one attached hydrogen (secondary N) is 2. The van der Waals surface area contributed by atoms with Crippen molar-refractivity contribution in [3.8, 4) is 0 Å². The Bertz CT molecular complexity index is 926. The number of guanidine groups is 1. The molecular weight excluding hydrogens is 499 g/mol. The first-order chi connectivity index (χ1) is 13.6. The molecule has 0 saturated heterocycles. The van der Waals surface area contributed by atoms with Crippen LogP contribution in [-0.4, -0.2) is 27.3 Å². The maximum Gasteiger partial charge on any atom is 0.191 e. The molecule has 29 heavy (non-hydrogen) atoms. The Morgan fingerprint density at radius 3 is 2.48 bits per heavy atom. The van der Waals surface area contributed by atoms with Gasteiger partial charge in [0.25, 0.3) is 0 Å². The van der Waals surface area contributed by atoms with Crippen molar-refractivity contribution in [3.63, 3.8) is 0 Å². The Balaban J connectivity index is 0.00000300. The molecule has 0 atom stereocenters. The number of aromatic nitrogens is 3. The van der Waals surface area contributed by atoms with Gasteiger partial charge in [0.1, 0.15) is 5.82 Å². The van der Waals surface area contributed by atoms with Crippen molar-refractivity contribution in [2.75, 3.05) is 6.54 Å². The maximum atomic E-state index is 6.07. The molecule has 0 radical (unpaired) electrons. The van der Waals surface area contributed by atoms with E-state index in [1.54, 1.807) is 0 Å². The highest BCUT2D eigenvalue weighted by atomic mass is 127. The first-order valence-corrected chi connectivity index (χ1v) is 9.65. The predicted molar refractivity (Wildman–Crippen MR) is 129 cm³/mol. The molecule has 0 saturated carbocycles. The van der Waals surface area contributed by atoms with Gasteiger partial charge in [-0.25, -0.2) is 4.99 Å². The summed E-state index contributed by atoms with van der Waals surface area (Å²) in [7, 11) is 1.96. The minimum Gasteiger partial charge on any atom is -0.356 e. The van der Waals surface area contributed by atoms with E-state index in [1.807, 2.05) is 54.9 Å². The monoisotopic (exact) mass is 524 g/mol. The highest BCUT2D eigenvalue weighted by Crippen LogP contribution is 2.10. The summed E-state index contributed by atoms with van der Waals surface area (Å²) in [4.78, 5) is 4.71. The van der Waals surface area contributed by atoms with Crippen molar-refractivity contribution in [2.24, 2.45) is 12.0 Å². The largest absolute Gasteiger partial charge is 0.356 e. The smallest absolute Gasteiger partial charge is 0.191 e. The van der Waals surface area contributed by atoms with Crippen molar-refractivity contribution < 1.29 is 0 Å². The van der Waals surface area contributed by atoms with Crippen LogP contribution in [0.5, 0.6) is 0 Å². The van der Waals surface area contributed by atoms with Crippen LogP contribution in [0.15, 0.2) is 59.6 Å². The molecule has 0 spiro atoms. The average Bonchev–Trinajstić information content (AvgIpc) is 3.02. The minimum atomic E-state index is 0. The lowest BCUT2D eigenvalue weighted by Crippen LogP contribution is -2.38. The van der Waals surface area contributed by atoms with Gasteiger partial charge in [-0.1, -0.05) is 54.1 Å². The highest BCUT2D eigenvalue weighted by molar-refractivity contribution is 14.0. The van der Waals surface area contributed by atoms with Gasteiger partial charge in [0.15, 0.2) is 11.8 Å². The Hall–Kier alpha value is -2.13. The zero-order valence-corrected chi connectivity index (χ0v) is 19.7. The van der Waals surface area contributed by atoms with E-state index in [9.17, 15) is 0 Å². The molecule has 0 aliphatic heterocycles. The molecule has 6 nitrogen and oxygen atoms in total. The van der Waals surface area contributed by atoms with Gasteiger partial charge in [0.2, 0.25) is 0 Å². The van der Waals surface area contributed by atoms with Gasteiger partial charge in [0, 0.05) is 18.6 Å². The van der Waals surface area contributed by atoms with Crippen LogP contribution >= 0.6 is 35.6 Å². The van der Waals surface area contributed by atoms with Crippen LogP contribution < -0.4 is 10.6 Å². The van der Waals surface area contributed by atoms with Crippen LogP contribution in [0.4, 0.5) is 0 Å². The van der Waals surface area contributed by atoms with Crippen molar-refractivity contribution in [3.05, 3.63) is 82.4 Å². The third-order valence-corrected chi connectivity index (χ3v) is 4.69. The zero-order chi connectivity index (χ0) is 19.8. The van der Waals surface area contributed by atoms with E-state index in [-0.39, 0.29) is 24.0 Å². The van der Waals surface area contributed by atoms with Crippen LogP contribution in [-0.2, 0) is 26.6 Å². The van der Waals surface area contributed by atoms with Crippen LogP contribution in [0.3, 0.4) is 0 Å². The molecule has 0 aliphatic carbocycles. The fraction of sp³-hybridized carbons (Fsp3) is 0.286. The summed E-state index contributed by atoms with van der Waals surface area (Å²) in [5.41, 5.74) is 2.35. The van der Waals surface area contributed by atoms with Gasteiger partial charge < -0.3 is 15.2 Å². The Kier molecular flexibility index (Phi) is 9.40. The van der Waals surface area contributed by atoms with Gasteiger partial charge in [-0.05, 0) is 36.6 Å². The van der Waals surface area contributed by atoms with Crippen molar-refractivity contribution in [1.29, 1.82) is 0 Å². The number of hydrogen-bond donors (Lipinski definition) is 2. The Labute approximate surface area is 193 Å². The third kappa shape index (κ3) is 7.32. The quantitative estimate of drug-likeness (QED) is 0.280. The molecule has 154 valence electrons. The standard InChI is InChI=1S/C21H25ClN6.HI/c1-16-26-27-20(28(16)2)15-25-21(24-14-18-7-4-3-5-8-18)23-12-11-17-9-6-10-19(22)13-17;/h3-10,13H,11-12,14-15H2,1-2H3,(H2,23,24,25);1H. The lowest BCUT2D eigenvalue weighted by atomic mass is 10.1. The molecule has 1 heterocycles. The molecule has 0 bridgehead atoms. The topological polar surface area (TPSA) is 67.1 Å². The van der Waals surface area contributed by atoms with Crippen LogP contribution in [0, 0.1) is 6.92 Å². The van der Waals surface area contributed by atoms with E-state index < -0.39 is 0 Å². The number of rotatable bonds is 7. The number of nitrogens with zero attached hydrogens (tertiary/aromatic N) is 4. The Morgan fingerprint density at radius 1 is 1.03 bits per heavy atom. The molecule has 2 N–H and O–H groups in total. The first kappa shape index (κ1) is 23.2. The molecule has 8 heteroatoms. The van der Waals surface area contributed by atoms with Crippen molar-refractivity contribution in [2.45, 2.75) is 26.4 Å². The van der Waals surface area contributed by atoms with E-state index in [0.717, 1.165) is 41.2 Å². The van der Waals surface area contributed by atoms with E-state index in [1.165, 1.54) is 5.56 Å². The van der Waals surface area contributed by atoms with Gasteiger partial charge in [-0.15, -0.1) is 34.2 Å². The van der Waals surface area contributed by atoms with Crippen LogP contribution in [0.25, 0.3) is 0 Å². The molecule has 0 aliphatic rings. The summed E-state index contributed by atoms with van der Waals surface area (Å²) in [5.74, 6) is 2.49. The fourth-order valence-corrected chi connectivity index (χ4v) is 2.93. The molecule has 3 aromatic rings. The first-order valence-electron chi connectivity index (χ1n) is 9.27. The van der Waals surface area contributed by atoms with Gasteiger partial charge in [-0.3, -0.25) is 0 Å². The minimum absolute atomic E-state index is 0. The fourth-order valence-electron chi connectivity index (χ4n) is 2.71. The molecule has 2 aromatic carbocycles. The summed E-state index contributed by atoms with van der Waals surface area (Å²) >= 11 is 6.07. The zero-order valence-electron chi connectivity index (χ0n) is 16.6. The van der Waals surface area contributed by atoms with Gasteiger partial charge in [-0.2, -0.15) is 0 Å². The Morgan fingerprint density at radius 2 is 1.79 bits per heavy atom. The summed E-state index contributed by atoms with van der Waals surface area (Å²) in [5, 5.41) is 15.8. The summed E-state index contributed by atoms with van der Waals surface area (Å²) < 4.78 is 1.97. The van der Waals surface area contributed by atoms with Crippen LogP contribution in [0.2, 0.25) is 5.02 Å². The predicted octanol–water partition coefficient (Wildman–Crippen LogP) is 3.87. The summed E-state index contributed by atoms with van der Waals surface area (Å²) in [6.45, 7) is 3.84. The SMILES string of the molecule is Cc1nnc(CNC(=NCc2ccccc2)NCCc2cccc(Cl)c2)n1C.I. The van der Waals surface area contributed by atoms with E-state index >= 15 is 0 Å². The third-order valence-electron chi connectivity index (χ3n) is 4.45. The van der Waals surface area contributed by atoms with Crippen molar-refractivity contribution >= 4 is 41.5 Å². The molecule has 3 rings (SSSR count). The second kappa shape index (κ2) is 11.8. The highest BCUT2D eigenvalue weighted by Gasteiger charge is 2.06. The number of aliphatic imine (C=N–C) groups is 1. The molecule has 0 fully saturated rings. The number of aryl methyl sites for hydroxylation is 1. The molecular formula is C21H26ClIN6. The van der Waals surface area contributed by atoms with Crippen LogP contribution in [0.1, 0.15) is 22.8 Å². The number of halogens is 2. The second-order valence-electron chi connectivity index (χ2n) is 6.53. The maximum absolute atomic E-state index is 6.07.